The summed E-state index contributed by atoms with van der Waals surface area (Å²) in [6.45, 7) is 2.75. The number of benzene rings is 2. The van der Waals surface area contributed by atoms with Crippen molar-refractivity contribution in [1.29, 1.82) is 0 Å². The Bertz CT molecular complexity index is 1330. The summed E-state index contributed by atoms with van der Waals surface area (Å²) < 4.78 is 10.6. The number of anilines is 1. The van der Waals surface area contributed by atoms with Gasteiger partial charge >= 0.3 is 6.03 Å². The van der Waals surface area contributed by atoms with E-state index in [-0.39, 0.29) is 24.6 Å². The second kappa shape index (κ2) is 9.62. The number of urea groups is 1. The Hall–Kier alpha value is -4.15. The monoisotopic (exact) mass is 522 g/mol. The highest BCUT2D eigenvalue weighted by atomic mass is 16.6. The van der Waals surface area contributed by atoms with Crippen molar-refractivity contribution < 1.29 is 28.8 Å². The molecule has 11 heteroatoms. The van der Waals surface area contributed by atoms with E-state index in [4.69, 9.17) is 9.47 Å². The lowest BCUT2D eigenvalue weighted by atomic mass is 9.65. The van der Waals surface area contributed by atoms with E-state index in [0.717, 1.165) is 22.6 Å². The SMILES string of the molecule is COc1ccc(CCN2C(=O)NC(=O)[C@]3(Cc4cc([N+](=O)[O-])ccc4N4CC[C@H](C)C[C@@H]43)C2=O)cc1OC. The number of nitrogens with zero attached hydrogens (tertiary/aromatic N) is 3. The van der Waals surface area contributed by atoms with Gasteiger partial charge in [-0.25, -0.2) is 4.79 Å². The first-order valence-corrected chi connectivity index (χ1v) is 12.6. The van der Waals surface area contributed by atoms with Gasteiger partial charge in [-0.3, -0.25) is 29.9 Å². The highest BCUT2D eigenvalue weighted by Gasteiger charge is 2.62. The number of carbonyl (C=O) groups is 3. The molecule has 0 radical (unpaired) electrons. The van der Waals surface area contributed by atoms with Crippen LogP contribution in [-0.4, -0.2) is 61.0 Å². The molecular formula is C27H30N4O7. The van der Waals surface area contributed by atoms with Gasteiger partial charge in [0.1, 0.15) is 0 Å². The van der Waals surface area contributed by atoms with Crippen LogP contribution >= 0.6 is 0 Å². The van der Waals surface area contributed by atoms with Crippen molar-refractivity contribution in [2.45, 2.75) is 38.6 Å². The molecule has 3 aliphatic heterocycles. The third-order valence-corrected chi connectivity index (χ3v) is 8.06. The Morgan fingerprint density at radius 3 is 2.58 bits per heavy atom. The molecule has 11 nitrogen and oxygen atoms in total. The molecule has 0 aliphatic carbocycles. The van der Waals surface area contributed by atoms with Crippen molar-refractivity contribution in [2.75, 3.05) is 32.2 Å². The summed E-state index contributed by atoms with van der Waals surface area (Å²) in [6.07, 6.45) is 1.79. The number of carbonyl (C=O) groups excluding carboxylic acids is 3. The lowest BCUT2D eigenvalue weighted by Gasteiger charge is -2.54. The molecule has 3 heterocycles. The van der Waals surface area contributed by atoms with Crippen molar-refractivity contribution in [1.82, 2.24) is 10.2 Å². The van der Waals surface area contributed by atoms with Crippen LogP contribution in [-0.2, 0) is 22.4 Å². The molecule has 2 fully saturated rings. The smallest absolute Gasteiger partial charge is 0.330 e. The number of non-ortho nitro benzene ring substituents is 1. The summed E-state index contributed by atoms with van der Waals surface area (Å²) in [5, 5.41) is 13.9. The average molecular weight is 523 g/mol. The second-order valence-corrected chi connectivity index (χ2v) is 10.2. The van der Waals surface area contributed by atoms with E-state index in [1.807, 2.05) is 11.0 Å². The Morgan fingerprint density at radius 1 is 1.11 bits per heavy atom. The van der Waals surface area contributed by atoms with E-state index >= 15 is 0 Å². The third-order valence-electron chi connectivity index (χ3n) is 8.06. The molecule has 1 N–H and O–H groups in total. The van der Waals surface area contributed by atoms with Crippen LogP contribution < -0.4 is 19.7 Å². The summed E-state index contributed by atoms with van der Waals surface area (Å²) >= 11 is 0. The van der Waals surface area contributed by atoms with Gasteiger partial charge in [-0.2, -0.15) is 0 Å². The standard InChI is InChI=1S/C27H30N4O7/c1-16-8-10-29-20-6-5-19(31(35)36)14-18(20)15-27(23(29)12-16)24(32)28-26(34)30(25(27)33)11-9-17-4-7-21(37-2)22(13-17)38-3/h4-7,13-14,16,23H,8-12,15H2,1-3H3,(H,28,32,34)/t16-,23+,27+/m0/s1. The van der Waals surface area contributed by atoms with E-state index in [0.29, 0.717) is 36.4 Å². The lowest BCUT2D eigenvalue weighted by molar-refractivity contribution is -0.384. The fourth-order valence-electron chi connectivity index (χ4n) is 6.06. The van der Waals surface area contributed by atoms with Gasteiger partial charge in [-0.05, 0) is 54.5 Å². The summed E-state index contributed by atoms with van der Waals surface area (Å²) in [5.41, 5.74) is 0.511. The normalized spacial score (nSPS) is 24.6. The Morgan fingerprint density at radius 2 is 1.87 bits per heavy atom. The zero-order valence-corrected chi connectivity index (χ0v) is 21.6. The van der Waals surface area contributed by atoms with Crippen LogP contribution in [0.5, 0.6) is 11.5 Å². The molecule has 5 rings (SSSR count). The van der Waals surface area contributed by atoms with Crippen LogP contribution in [0.1, 0.15) is 30.9 Å². The second-order valence-electron chi connectivity index (χ2n) is 10.2. The summed E-state index contributed by atoms with van der Waals surface area (Å²) in [4.78, 5) is 54.8. The molecule has 38 heavy (non-hydrogen) atoms. The first-order valence-electron chi connectivity index (χ1n) is 12.6. The largest absolute Gasteiger partial charge is 0.493 e. The zero-order chi connectivity index (χ0) is 27.2. The van der Waals surface area contributed by atoms with E-state index in [1.54, 1.807) is 18.2 Å². The molecule has 3 aliphatic rings. The number of barbiturate groups is 1. The van der Waals surface area contributed by atoms with Crippen LogP contribution in [0.15, 0.2) is 36.4 Å². The van der Waals surface area contributed by atoms with E-state index in [9.17, 15) is 24.5 Å². The summed E-state index contributed by atoms with van der Waals surface area (Å²) in [5.74, 6) is 0.160. The number of hydrogen-bond donors (Lipinski definition) is 1. The van der Waals surface area contributed by atoms with Crippen molar-refractivity contribution in [3.8, 4) is 11.5 Å². The van der Waals surface area contributed by atoms with Gasteiger partial charge in [0.25, 0.3) is 5.69 Å². The topological polar surface area (TPSA) is 131 Å². The Labute approximate surface area is 219 Å². The quantitative estimate of drug-likeness (QED) is 0.348. The van der Waals surface area contributed by atoms with Crippen molar-refractivity contribution in [3.05, 3.63) is 57.6 Å². The minimum absolute atomic E-state index is 0.0112. The van der Waals surface area contributed by atoms with E-state index in [2.05, 4.69) is 12.2 Å². The number of nitro benzene ring substituents is 1. The fraction of sp³-hybridized carbons (Fsp3) is 0.444. The molecular weight excluding hydrogens is 492 g/mol. The molecule has 0 aromatic heterocycles. The van der Waals surface area contributed by atoms with Crippen LogP contribution in [0.4, 0.5) is 16.2 Å². The molecule has 2 aromatic rings. The Kier molecular flexibility index (Phi) is 6.46. The average Bonchev–Trinajstić information content (AvgIpc) is 2.91. The van der Waals surface area contributed by atoms with E-state index < -0.39 is 34.2 Å². The summed E-state index contributed by atoms with van der Waals surface area (Å²) in [7, 11) is 3.07. The Balaban J connectivity index is 1.51. The fourth-order valence-corrected chi connectivity index (χ4v) is 6.06. The minimum Gasteiger partial charge on any atom is -0.493 e. The number of fused-ring (bicyclic) bond motifs is 4. The molecule has 0 saturated carbocycles. The number of rotatable bonds is 6. The molecule has 3 atom stereocenters. The number of imide groups is 2. The number of nitro groups is 1. The first kappa shape index (κ1) is 25.5. The van der Waals surface area contributed by atoms with Crippen molar-refractivity contribution >= 4 is 29.2 Å². The number of piperidine rings is 1. The highest BCUT2D eigenvalue weighted by Crippen LogP contribution is 2.49. The maximum atomic E-state index is 14.2. The maximum Gasteiger partial charge on any atom is 0.330 e. The van der Waals surface area contributed by atoms with Crippen molar-refractivity contribution in [2.24, 2.45) is 11.3 Å². The van der Waals surface area contributed by atoms with Gasteiger partial charge in [0.05, 0.1) is 25.2 Å². The van der Waals surface area contributed by atoms with Crippen LogP contribution in [0.3, 0.4) is 0 Å². The lowest BCUT2D eigenvalue weighted by Crippen LogP contribution is -2.73. The number of nitrogens with one attached hydrogen (secondary N) is 1. The predicted octanol–water partition coefficient (Wildman–Crippen LogP) is 3.08. The molecule has 200 valence electrons. The molecule has 2 saturated heterocycles. The third kappa shape index (κ3) is 4.02. The van der Waals surface area contributed by atoms with Gasteiger partial charge in [0, 0.05) is 37.3 Å². The van der Waals surface area contributed by atoms with Crippen LogP contribution in [0.2, 0.25) is 0 Å². The van der Waals surface area contributed by atoms with Gasteiger partial charge in [-0.1, -0.05) is 13.0 Å². The number of ether oxygens (including phenoxy) is 2. The number of amides is 4. The van der Waals surface area contributed by atoms with Gasteiger partial charge in [0.2, 0.25) is 11.8 Å². The number of hydrogen-bond acceptors (Lipinski definition) is 8. The minimum atomic E-state index is -1.57. The molecule has 1 spiro atoms. The zero-order valence-electron chi connectivity index (χ0n) is 21.6. The maximum absolute atomic E-state index is 14.2. The highest BCUT2D eigenvalue weighted by molar-refractivity contribution is 6.20. The predicted molar refractivity (Wildman–Crippen MR) is 137 cm³/mol. The van der Waals surface area contributed by atoms with Crippen molar-refractivity contribution in [3.63, 3.8) is 0 Å². The van der Waals surface area contributed by atoms with Gasteiger partial charge in [0.15, 0.2) is 16.9 Å². The van der Waals surface area contributed by atoms with Gasteiger partial charge < -0.3 is 14.4 Å². The molecule has 2 aromatic carbocycles. The van der Waals surface area contributed by atoms with Crippen LogP contribution in [0.25, 0.3) is 0 Å². The number of methoxy groups -OCH3 is 2. The van der Waals surface area contributed by atoms with E-state index in [1.165, 1.54) is 26.4 Å². The first-order chi connectivity index (χ1) is 18.2. The van der Waals surface area contributed by atoms with Gasteiger partial charge in [-0.15, -0.1) is 0 Å². The summed E-state index contributed by atoms with van der Waals surface area (Å²) in [6, 6.07) is 8.74. The van der Waals surface area contributed by atoms with Crippen LogP contribution in [0, 0.1) is 21.4 Å². The molecule has 4 amide bonds. The molecule has 0 unspecified atom stereocenters. The molecule has 0 bridgehead atoms.